The molecule has 10 atom stereocenters. The second-order valence-corrected chi connectivity index (χ2v) is 13.5. The van der Waals surface area contributed by atoms with Crippen LogP contribution < -0.4 is 0 Å². The summed E-state index contributed by atoms with van der Waals surface area (Å²) in [6.07, 6.45) is 11.1. The Labute approximate surface area is 188 Å². The fourth-order valence-corrected chi connectivity index (χ4v) is 9.96. The van der Waals surface area contributed by atoms with Crippen LogP contribution in [0.2, 0.25) is 0 Å². The van der Waals surface area contributed by atoms with Crippen molar-refractivity contribution in [1.82, 2.24) is 0 Å². The third kappa shape index (κ3) is 3.01. The van der Waals surface area contributed by atoms with Gasteiger partial charge in [-0.2, -0.15) is 0 Å². The van der Waals surface area contributed by atoms with Crippen molar-refractivity contribution in [1.29, 1.82) is 0 Å². The number of carbonyl (C=O) groups is 1. The lowest BCUT2D eigenvalue weighted by molar-refractivity contribution is -0.242. The molecular weight excluding hydrogens is 387 g/mol. The second kappa shape index (κ2) is 7.46. The van der Waals surface area contributed by atoms with E-state index in [1.807, 2.05) is 0 Å². The van der Waals surface area contributed by atoms with Crippen LogP contribution in [-0.2, 0) is 9.53 Å². The first-order valence-corrected chi connectivity index (χ1v) is 13.6. The topological polar surface area (TPSA) is 26.3 Å². The molecule has 0 spiro atoms. The van der Waals surface area contributed by atoms with E-state index < -0.39 is 0 Å². The highest BCUT2D eigenvalue weighted by molar-refractivity contribution is 7.18. The van der Waals surface area contributed by atoms with Crippen molar-refractivity contribution in [2.24, 2.45) is 51.2 Å². The van der Waals surface area contributed by atoms with E-state index in [2.05, 4.69) is 57.7 Å². The Hall–Kier alpha value is -0.100. The van der Waals surface area contributed by atoms with Gasteiger partial charge in [0.2, 0.25) is 0 Å². The highest BCUT2D eigenvalue weighted by Crippen LogP contribution is 2.74. The summed E-state index contributed by atoms with van der Waals surface area (Å²) in [4.78, 5) is 12.1. The van der Waals surface area contributed by atoms with Crippen LogP contribution in [0, 0.1) is 51.2 Å². The summed E-state index contributed by atoms with van der Waals surface area (Å²) in [5.74, 6) is 4.06. The van der Waals surface area contributed by atoms with Crippen LogP contribution in [0.5, 0.6) is 0 Å². The summed E-state index contributed by atoms with van der Waals surface area (Å²) in [6.45, 7) is 17.9. The average Bonchev–Trinajstić information content (AvgIpc) is 2.68. The highest BCUT2D eigenvalue weighted by atomic mass is 31.0. The van der Waals surface area contributed by atoms with Crippen molar-refractivity contribution in [2.45, 2.75) is 106 Å². The zero-order valence-electron chi connectivity index (χ0n) is 20.7. The summed E-state index contributed by atoms with van der Waals surface area (Å²) < 4.78 is 5.98. The monoisotopic (exact) mass is 434 g/mol. The molecule has 0 amide bonds. The van der Waals surface area contributed by atoms with Gasteiger partial charge in [-0.15, -0.1) is 9.24 Å². The Morgan fingerprint density at radius 2 is 1.53 bits per heavy atom. The Morgan fingerprint density at radius 1 is 0.867 bits per heavy atom. The first-order chi connectivity index (χ1) is 13.9. The van der Waals surface area contributed by atoms with Gasteiger partial charge in [0.25, 0.3) is 0 Å². The van der Waals surface area contributed by atoms with Crippen LogP contribution in [0.1, 0.15) is 99.8 Å². The van der Waals surface area contributed by atoms with Crippen molar-refractivity contribution in [2.75, 3.05) is 6.16 Å². The number of hydrogen-bond donors (Lipinski definition) is 0. The molecule has 4 aliphatic rings. The third-order valence-corrected chi connectivity index (χ3v) is 12.3. The molecule has 0 aromatic heterocycles. The molecule has 0 aromatic carbocycles. The maximum atomic E-state index is 12.1. The third-order valence-electron chi connectivity index (χ3n) is 12.0. The lowest BCUT2D eigenvalue weighted by Crippen LogP contribution is -2.65. The van der Waals surface area contributed by atoms with Gasteiger partial charge in [-0.25, -0.2) is 0 Å². The van der Waals surface area contributed by atoms with E-state index in [1.165, 1.54) is 44.9 Å². The van der Waals surface area contributed by atoms with Gasteiger partial charge >= 0.3 is 5.97 Å². The first kappa shape index (κ1) is 23.1. The molecule has 4 aliphatic carbocycles. The number of esters is 1. The summed E-state index contributed by atoms with van der Waals surface area (Å²) in [7, 11) is 2.52. The van der Waals surface area contributed by atoms with Crippen LogP contribution in [0.25, 0.3) is 0 Å². The van der Waals surface area contributed by atoms with Crippen LogP contribution in [-0.4, -0.2) is 18.2 Å². The molecule has 0 radical (unpaired) electrons. The van der Waals surface area contributed by atoms with Crippen LogP contribution in [0.3, 0.4) is 0 Å². The van der Waals surface area contributed by atoms with Crippen molar-refractivity contribution in [3.8, 4) is 0 Å². The summed E-state index contributed by atoms with van der Waals surface area (Å²) in [5.41, 5.74) is 1.38. The van der Waals surface area contributed by atoms with E-state index in [1.54, 1.807) is 0 Å². The van der Waals surface area contributed by atoms with E-state index in [9.17, 15) is 4.79 Å². The molecule has 0 aromatic rings. The number of ether oxygens (including phenoxy) is 1. The van der Waals surface area contributed by atoms with Gasteiger partial charge in [0.05, 0.1) is 6.16 Å². The zero-order chi connectivity index (χ0) is 22.1. The minimum Gasteiger partial charge on any atom is -0.462 e. The molecule has 0 bridgehead atoms. The molecule has 4 fully saturated rings. The van der Waals surface area contributed by atoms with Gasteiger partial charge in [-0.3, -0.25) is 4.79 Å². The van der Waals surface area contributed by atoms with E-state index >= 15 is 0 Å². The Kier molecular flexibility index (Phi) is 5.74. The van der Waals surface area contributed by atoms with Crippen LogP contribution >= 0.6 is 9.24 Å². The standard InChI is InChI=1S/C27H47O2P/c1-17-10-14-26(6)19(18(17)2)8-9-21-25(5)13-12-22(29-23(28)16-30)24(3,4)20(25)11-15-27(21,26)7/h17-22H,8-16,30H2,1-7H3/t17?,18-,19+,20-,21+,22-,25-,26+,27+/m0/s1. The van der Waals surface area contributed by atoms with E-state index in [-0.39, 0.29) is 17.5 Å². The largest absolute Gasteiger partial charge is 0.462 e. The summed E-state index contributed by atoms with van der Waals surface area (Å²) in [6, 6.07) is 0. The molecule has 4 saturated carbocycles. The quantitative estimate of drug-likeness (QED) is 0.342. The normalized spacial score (nSPS) is 52.5. The average molecular weight is 435 g/mol. The zero-order valence-corrected chi connectivity index (χ0v) is 21.9. The summed E-state index contributed by atoms with van der Waals surface area (Å²) in [5, 5.41) is 0. The molecule has 30 heavy (non-hydrogen) atoms. The SMILES string of the molecule is CC1CC[C@]2(C)[C@H](CC[C@@H]3[C@@]4(C)CC[C@H](OC(=O)CP)C(C)(C)[C@@H]4CC[C@]32C)[C@H]1C. The molecule has 4 rings (SSSR count). The van der Waals surface area contributed by atoms with Crippen molar-refractivity contribution in [3.05, 3.63) is 0 Å². The molecule has 0 N–H and O–H groups in total. The molecule has 0 heterocycles. The van der Waals surface area contributed by atoms with Crippen LogP contribution in [0.15, 0.2) is 0 Å². The van der Waals surface area contributed by atoms with E-state index in [0.29, 0.717) is 28.3 Å². The minimum absolute atomic E-state index is 0.0549. The smallest absolute Gasteiger partial charge is 0.309 e. The minimum atomic E-state index is -0.0549. The fourth-order valence-electron chi connectivity index (χ4n) is 9.87. The maximum absolute atomic E-state index is 12.1. The van der Waals surface area contributed by atoms with Gasteiger partial charge in [0.1, 0.15) is 6.10 Å². The predicted molar refractivity (Wildman–Crippen MR) is 128 cm³/mol. The molecule has 2 unspecified atom stereocenters. The summed E-state index contributed by atoms with van der Waals surface area (Å²) >= 11 is 0. The van der Waals surface area contributed by atoms with Gasteiger partial charge in [-0.1, -0.05) is 48.5 Å². The number of fused-ring (bicyclic) bond motifs is 5. The molecule has 0 saturated heterocycles. The Morgan fingerprint density at radius 3 is 2.20 bits per heavy atom. The second-order valence-electron chi connectivity index (χ2n) is 13.1. The van der Waals surface area contributed by atoms with E-state index in [4.69, 9.17) is 4.74 Å². The molecule has 172 valence electrons. The molecule has 0 aliphatic heterocycles. The van der Waals surface area contributed by atoms with Gasteiger partial charge in [0.15, 0.2) is 0 Å². The Bertz CT molecular complexity index is 688. The molecule has 3 heteroatoms. The van der Waals surface area contributed by atoms with Gasteiger partial charge in [0, 0.05) is 5.41 Å². The van der Waals surface area contributed by atoms with E-state index in [0.717, 1.165) is 30.1 Å². The predicted octanol–water partition coefficient (Wildman–Crippen LogP) is 7.11. The van der Waals surface area contributed by atoms with Crippen molar-refractivity contribution >= 4 is 15.2 Å². The van der Waals surface area contributed by atoms with Gasteiger partial charge < -0.3 is 4.74 Å². The van der Waals surface area contributed by atoms with Crippen LogP contribution in [0.4, 0.5) is 0 Å². The maximum Gasteiger partial charge on any atom is 0.309 e. The van der Waals surface area contributed by atoms with Crippen molar-refractivity contribution < 1.29 is 9.53 Å². The van der Waals surface area contributed by atoms with Gasteiger partial charge in [-0.05, 0) is 97.2 Å². The lowest BCUT2D eigenvalue weighted by atomic mass is 9.33. The number of hydrogen-bond acceptors (Lipinski definition) is 2. The fraction of sp³-hybridized carbons (Fsp3) is 0.963. The first-order valence-electron chi connectivity index (χ1n) is 12.8. The highest BCUT2D eigenvalue weighted by Gasteiger charge is 2.68. The Balaban J connectivity index is 1.66. The molecular formula is C27H47O2P. The molecule has 2 nitrogen and oxygen atoms in total. The number of rotatable bonds is 2. The number of carbonyl (C=O) groups excluding carboxylic acids is 1. The van der Waals surface area contributed by atoms with Crippen molar-refractivity contribution in [3.63, 3.8) is 0 Å². The lowest BCUT2D eigenvalue weighted by Gasteiger charge is -2.72.